The van der Waals surface area contributed by atoms with E-state index in [4.69, 9.17) is 0 Å². The predicted molar refractivity (Wildman–Crippen MR) is 60.1 cm³/mol. The molecule has 0 aliphatic carbocycles. The van der Waals surface area contributed by atoms with Crippen molar-refractivity contribution < 1.29 is 0 Å². The van der Waals surface area contributed by atoms with E-state index in [1.807, 2.05) is 25.4 Å². The number of rotatable bonds is 4. The molecule has 1 heterocycles. The van der Waals surface area contributed by atoms with E-state index in [-0.39, 0.29) is 0 Å². The number of thiazole rings is 1. The van der Waals surface area contributed by atoms with E-state index in [9.17, 15) is 0 Å². The second-order valence-corrected chi connectivity index (χ2v) is 3.37. The van der Waals surface area contributed by atoms with Crippen LogP contribution >= 0.6 is 11.3 Å². The van der Waals surface area contributed by atoms with Gasteiger partial charge < -0.3 is 0 Å². The van der Waals surface area contributed by atoms with Crippen LogP contribution in [0.3, 0.4) is 0 Å². The molecule has 0 unspecified atom stereocenters. The molecule has 13 heavy (non-hydrogen) atoms. The fourth-order valence-corrected chi connectivity index (χ4v) is 1.63. The van der Waals surface area contributed by atoms with Gasteiger partial charge in [-0.25, -0.2) is 4.98 Å². The maximum atomic E-state index is 4.23. The lowest BCUT2D eigenvalue weighted by molar-refractivity contribution is 0.295. The summed E-state index contributed by atoms with van der Waals surface area (Å²) in [5, 5.41) is 3.24. The van der Waals surface area contributed by atoms with E-state index in [1.54, 1.807) is 11.3 Å². The molecule has 1 rings (SSSR count). The Balaban J connectivity index is 0.000000671. The Morgan fingerprint density at radius 3 is 2.31 bits per heavy atom. The van der Waals surface area contributed by atoms with Crippen molar-refractivity contribution in [3.63, 3.8) is 0 Å². The molecule has 0 fully saturated rings. The lowest BCUT2D eigenvalue weighted by atomic mass is 10.5. The Bertz CT molecular complexity index is 181. The summed E-state index contributed by atoms with van der Waals surface area (Å²) in [7, 11) is 0. The van der Waals surface area contributed by atoms with Gasteiger partial charge in [0, 0.05) is 11.6 Å². The van der Waals surface area contributed by atoms with Crippen LogP contribution in [0.2, 0.25) is 0 Å². The Kier molecular flexibility index (Phi) is 7.94. The van der Waals surface area contributed by atoms with E-state index in [2.05, 4.69) is 23.7 Å². The highest BCUT2D eigenvalue weighted by molar-refractivity contribution is 7.09. The number of hydrogen-bond donors (Lipinski definition) is 0. The van der Waals surface area contributed by atoms with Gasteiger partial charge in [-0.3, -0.25) is 4.90 Å². The molecular weight excluding hydrogens is 180 g/mol. The van der Waals surface area contributed by atoms with Crippen molar-refractivity contribution >= 4 is 11.3 Å². The molecule has 0 atom stereocenters. The minimum Gasteiger partial charge on any atom is -0.297 e. The summed E-state index contributed by atoms with van der Waals surface area (Å²) in [5.41, 5.74) is 0. The first-order chi connectivity index (χ1) is 6.36. The molecule has 0 saturated carbocycles. The summed E-state index contributed by atoms with van der Waals surface area (Å²) in [6.45, 7) is 11.6. The highest BCUT2D eigenvalue weighted by Gasteiger charge is 2.01. The molecule has 0 aliphatic heterocycles. The predicted octanol–water partition coefficient (Wildman–Crippen LogP) is 3.01. The average Bonchev–Trinajstić information content (AvgIpc) is 2.70. The van der Waals surface area contributed by atoms with Gasteiger partial charge in [0.25, 0.3) is 0 Å². The van der Waals surface area contributed by atoms with Crippen LogP contribution in [0.15, 0.2) is 11.6 Å². The molecule has 0 aromatic carbocycles. The Morgan fingerprint density at radius 1 is 1.31 bits per heavy atom. The first-order valence-corrected chi connectivity index (χ1v) is 5.85. The Hall–Kier alpha value is -0.410. The van der Waals surface area contributed by atoms with Gasteiger partial charge in [0.2, 0.25) is 0 Å². The maximum absolute atomic E-state index is 4.23. The van der Waals surface area contributed by atoms with E-state index >= 15 is 0 Å². The van der Waals surface area contributed by atoms with Gasteiger partial charge >= 0.3 is 0 Å². The Morgan fingerprint density at radius 2 is 1.92 bits per heavy atom. The Labute approximate surface area is 85.6 Å². The van der Waals surface area contributed by atoms with Crippen LogP contribution in [0.5, 0.6) is 0 Å². The number of aromatic nitrogens is 1. The molecule has 2 nitrogen and oxygen atoms in total. The van der Waals surface area contributed by atoms with Crippen molar-refractivity contribution in [1.29, 1.82) is 0 Å². The van der Waals surface area contributed by atoms with Crippen LogP contribution in [-0.2, 0) is 6.54 Å². The molecule has 0 N–H and O–H groups in total. The second kappa shape index (κ2) is 8.20. The summed E-state index contributed by atoms with van der Waals surface area (Å²) in [5.74, 6) is 0. The van der Waals surface area contributed by atoms with Gasteiger partial charge in [-0.05, 0) is 13.1 Å². The average molecular weight is 200 g/mol. The summed E-state index contributed by atoms with van der Waals surface area (Å²) < 4.78 is 0. The summed E-state index contributed by atoms with van der Waals surface area (Å²) >= 11 is 1.73. The minimum absolute atomic E-state index is 1.00. The molecule has 0 amide bonds. The first kappa shape index (κ1) is 12.6. The van der Waals surface area contributed by atoms with Crippen molar-refractivity contribution in [3.05, 3.63) is 16.6 Å². The van der Waals surface area contributed by atoms with Crippen molar-refractivity contribution in [3.8, 4) is 0 Å². The fourth-order valence-electron chi connectivity index (χ4n) is 0.970. The molecule has 1 aromatic rings. The summed E-state index contributed by atoms with van der Waals surface area (Å²) in [6.07, 6.45) is 1.86. The van der Waals surface area contributed by atoms with E-state index in [0.717, 1.165) is 19.6 Å². The van der Waals surface area contributed by atoms with Crippen LogP contribution in [-0.4, -0.2) is 23.0 Å². The largest absolute Gasteiger partial charge is 0.297 e. The molecule has 0 radical (unpaired) electrons. The van der Waals surface area contributed by atoms with Gasteiger partial charge in [0.1, 0.15) is 5.01 Å². The second-order valence-electron chi connectivity index (χ2n) is 2.39. The minimum atomic E-state index is 1.00. The quantitative estimate of drug-likeness (QED) is 0.742. The molecular formula is C10H20N2S. The number of hydrogen-bond acceptors (Lipinski definition) is 3. The third-order valence-corrected chi connectivity index (χ3v) is 2.50. The van der Waals surface area contributed by atoms with Gasteiger partial charge in [0.05, 0.1) is 6.54 Å². The zero-order chi connectivity index (χ0) is 10.1. The lowest BCUT2D eigenvalue weighted by Crippen LogP contribution is -2.21. The molecule has 76 valence electrons. The van der Waals surface area contributed by atoms with Gasteiger partial charge in [-0.2, -0.15) is 0 Å². The summed E-state index contributed by atoms with van der Waals surface area (Å²) in [6, 6.07) is 0. The number of nitrogens with zero attached hydrogens (tertiary/aromatic N) is 2. The first-order valence-electron chi connectivity index (χ1n) is 4.97. The van der Waals surface area contributed by atoms with Gasteiger partial charge in [-0.15, -0.1) is 11.3 Å². The highest BCUT2D eigenvalue weighted by atomic mass is 32.1. The van der Waals surface area contributed by atoms with Crippen molar-refractivity contribution in [2.45, 2.75) is 34.2 Å². The van der Waals surface area contributed by atoms with Gasteiger partial charge in [-0.1, -0.05) is 27.7 Å². The van der Waals surface area contributed by atoms with Crippen molar-refractivity contribution in [2.24, 2.45) is 0 Å². The molecule has 0 spiro atoms. The van der Waals surface area contributed by atoms with Crippen LogP contribution in [0.25, 0.3) is 0 Å². The highest BCUT2D eigenvalue weighted by Crippen LogP contribution is 2.06. The monoisotopic (exact) mass is 200 g/mol. The lowest BCUT2D eigenvalue weighted by Gasteiger charge is -2.15. The van der Waals surface area contributed by atoms with E-state index in [1.165, 1.54) is 5.01 Å². The third-order valence-electron chi connectivity index (χ3n) is 1.74. The maximum Gasteiger partial charge on any atom is 0.107 e. The van der Waals surface area contributed by atoms with Gasteiger partial charge in [0.15, 0.2) is 0 Å². The zero-order valence-corrected chi connectivity index (χ0v) is 9.90. The van der Waals surface area contributed by atoms with Crippen molar-refractivity contribution in [1.82, 2.24) is 9.88 Å². The molecule has 0 saturated heterocycles. The van der Waals surface area contributed by atoms with Crippen molar-refractivity contribution in [2.75, 3.05) is 13.1 Å². The van der Waals surface area contributed by atoms with E-state index in [0.29, 0.717) is 0 Å². The van der Waals surface area contributed by atoms with Crippen LogP contribution in [0, 0.1) is 0 Å². The summed E-state index contributed by atoms with van der Waals surface area (Å²) in [4.78, 5) is 6.59. The topological polar surface area (TPSA) is 16.1 Å². The fraction of sp³-hybridized carbons (Fsp3) is 0.700. The third kappa shape index (κ3) is 5.01. The SMILES string of the molecule is CC.CCN(CC)Cc1nccs1. The molecule has 0 bridgehead atoms. The molecule has 1 aromatic heterocycles. The normalized spacial score (nSPS) is 9.62. The van der Waals surface area contributed by atoms with Crippen LogP contribution in [0.4, 0.5) is 0 Å². The van der Waals surface area contributed by atoms with Crippen LogP contribution in [0.1, 0.15) is 32.7 Å². The van der Waals surface area contributed by atoms with Crippen LogP contribution < -0.4 is 0 Å². The zero-order valence-electron chi connectivity index (χ0n) is 9.08. The standard InChI is InChI=1S/C8H14N2S.C2H6/c1-3-10(4-2)7-8-9-5-6-11-8;1-2/h5-6H,3-4,7H2,1-2H3;1-2H3. The molecule has 0 aliphatic rings. The van der Waals surface area contributed by atoms with E-state index < -0.39 is 0 Å². The smallest absolute Gasteiger partial charge is 0.107 e. The molecule has 3 heteroatoms.